The van der Waals surface area contributed by atoms with E-state index in [4.69, 9.17) is 4.74 Å². The topological polar surface area (TPSA) is 46.6 Å². The molecule has 4 nitrogen and oxygen atoms in total. The number of nitrogens with zero attached hydrogens (tertiary/aromatic N) is 1. The third kappa shape index (κ3) is 4.93. The molecule has 38 heavy (non-hydrogen) atoms. The molecular weight excluding hydrogens is 605 g/mol. The fraction of sp³-hybridized carbons (Fsp3) is 0.0625. The zero-order valence-corrected chi connectivity index (χ0v) is 23.2. The van der Waals surface area contributed by atoms with Crippen LogP contribution >= 0.6 is 34.4 Å². The van der Waals surface area contributed by atoms with Crippen molar-refractivity contribution in [2.75, 3.05) is 0 Å². The number of ether oxygens (including phenoxy) is 1. The van der Waals surface area contributed by atoms with Gasteiger partial charge in [0.05, 0.1) is 15.0 Å². The molecule has 6 heteroatoms. The van der Waals surface area contributed by atoms with Gasteiger partial charge in [0.1, 0.15) is 12.4 Å². The van der Waals surface area contributed by atoms with Crippen LogP contribution in [0.5, 0.6) is 5.75 Å². The molecule has 0 spiro atoms. The molecule has 0 saturated carbocycles. The molecule has 5 aromatic rings. The normalized spacial score (nSPS) is 14.7. The first-order chi connectivity index (χ1) is 18.6. The fourth-order valence-corrected chi connectivity index (χ4v) is 6.22. The molecule has 0 atom stereocenters. The van der Waals surface area contributed by atoms with Gasteiger partial charge in [-0.05, 0) is 90.8 Å². The van der Waals surface area contributed by atoms with E-state index in [0.717, 1.165) is 48.5 Å². The Labute approximate surface area is 238 Å². The highest BCUT2D eigenvalue weighted by molar-refractivity contribution is 14.1. The molecule has 186 valence electrons. The maximum Gasteiger partial charge on any atom is 0.293 e. The largest absolute Gasteiger partial charge is 0.488 e. The van der Waals surface area contributed by atoms with E-state index in [1.807, 2.05) is 78.9 Å². The summed E-state index contributed by atoms with van der Waals surface area (Å²) in [6, 6.07) is 34.3. The van der Waals surface area contributed by atoms with Crippen LogP contribution in [0, 0.1) is 3.57 Å². The molecule has 1 aliphatic heterocycles. The van der Waals surface area contributed by atoms with Gasteiger partial charge in [0.25, 0.3) is 11.1 Å². The first-order valence-electron chi connectivity index (χ1n) is 12.2. The van der Waals surface area contributed by atoms with Gasteiger partial charge < -0.3 is 4.74 Å². The lowest BCUT2D eigenvalue weighted by Crippen LogP contribution is -2.27. The minimum Gasteiger partial charge on any atom is -0.488 e. The molecule has 1 fully saturated rings. The third-order valence-electron chi connectivity index (χ3n) is 6.60. The van der Waals surface area contributed by atoms with E-state index >= 15 is 0 Å². The number of thioether (sulfide) groups is 1. The Hall–Kier alpha value is -3.62. The van der Waals surface area contributed by atoms with Crippen molar-refractivity contribution in [3.05, 3.63) is 128 Å². The van der Waals surface area contributed by atoms with E-state index in [-0.39, 0.29) is 17.7 Å². The summed E-state index contributed by atoms with van der Waals surface area (Å²) in [6.45, 7) is 0.714. The highest BCUT2D eigenvalue weighted by atomic mass is 127. The van der Waals surface area contributed by atoms with Crippen molar-refractivity contribution in [3.63, 3.8) is 0 Å². The van der Waals surface area contributed by atoms with E-state index in [0.29, 0.717) is 11.5 Å². The summed E-state index contributed by atoms with van der Waals surface area (Å²) >= 11 is 3.23. The Bertz CT molecular complexity index is 1740. The lowest BCUT2D eigenvalue weighted by molar-refractivity contribution is -0.123. The van der Waals surface area contributed by atoms with E-state index in [2.05, 4.69) is 46.9 Å². The van der Waals surface area contributed by atoms with Crippen molar-refractivity contribution in [2.45, 2.75) is 13.2 Å². The number of benzene rings is 5. The number of hydrogen-bond acceptors (Lipinski definition) is 4. The van der Waals surface area contributed by atoms with E-state index in [1.165, 1.54) is 15.7 Å². The predicted molar refractivity (Wildman–Crippen MR) is 163 cm³/mol. The summed E-state index contributed by atoms with van der Waals surface area (Å²) < 4.78 is 7.09. The number of carbonyl (C=O) groups is 2. The monoisotopic (exact) mass is 627 g/mol. The van der Waals surface area contributed by atoms with Gasteiger partial charge in [0.2, 0.25) is 0 Å². The van der Waals surface area contributed by atoms with Gasteiger partial charge >= 0.3 is 0 Å². The second-order valence-electron chi connectivity index (χ2n) is 9.02. The van der Waals surface area contributed by atoms with Crippen LogP contribution in [0.15, 0.2) is 108 Å². The Kier molecular flexibility index (Phi) is 6.91. The first kappa shape index (κ1) is 24.7. The van der Waals surface area contributed by atoms with Crippen molar-refractivity contribution in [1.29, 1.82) is 0 Å². The van der Waals surface area contributed by atoms with E-state index in [1.54, 1.807) is 6.08 Å². The smallest absolute Gasteiger partial charge is 0.293 e. The van der Waals surface area contributed by atoms with Gasteiger partial charge in [-0.3, -0.25) is 14.5 Å². The van der Waals surface area contributed by atoms with Crippen LogP contribution in [0.3, 0.4) is 0 Å². The number of carbonyl (C=O) groups excluding carboxylic acids is 2. The number of fused-ring (bicyclic) bond motifs is 2. The van der Waals surface area contributed by atoms with Gasteiger partial charge in [-0.15, -0.1) is 0 Å². The highest BCUT2D eigenvalue weighted by Gasteiger charge is 2.35. The summed E-state index contributed by atoms with van der Waals surface area (Å²) in [6.07, 6.45) is 1.78. The standard InChI is InChI=1S/C32H22INO3S/c33-28-17-21(15-16-29(28)37-20-25-12-6-10-23-8-2-4-14-27(23)25)18-30-31(35)34(32(36)38-30)19-24-11-5-9-22-7-1-3-13-26(22)24/h1-18H,19-20H2/b30-18+. The minimum atomic E-state index is -0.265. The Morgan fingerprint density at radius 2 is 1.39 bits per heavy atom. The molecule has 0 aliphatic carbocycles. The molecule has 0 bridgehead atoms. The third-order valence-corrected chi connectivity index (χ3v) is 8.35. The second kappa shape index (κ2) is 10.6. The molecule has 1 heterocycles. The number of amides is 2. The van der Waals surface area contributed by atoms with Gasteiger partial charge in [-0.1, -0.05) is 91.0 Å². The summed E-state index contributed by atoms with van der Waals surface area (Å²) in [4.78, 5) is 27.7. The van der Waals surface area contributed by atoms with Crippen molar-refractivity contribution in [3.8, 4) is 5.75 Å². The summed E-state index contributed by atoms with van der Waals surface area (Å²) in [5, 5.41) is 4.25. The van der Waals surface area contributed by atoms with Crippen LogP contribution in [0.25, 0.3) is 27.6 Å². The van der Waals surface area contributed by atoms with Crippen LogP contribution in [0.1, 0.15) is 16.7 Å². The zero-order valence-electron chi connectivity index (χ0n) is 20.3. The van der Waals surface area contributed by atoms with Crippen molar-refractivity contribution in [2.24, 2.45) is 0 Å². The molecule has 2 amide bonds. The zero-order chi connectivity index (χ0) is 26.1. The lowest BCUT2D eigenvalue weighted by atomic mass is 10.0. The number of imide groups is 1. The quantitative estimate of drug-likeness (QED) is 0.140. The van der Waals surface area contributed by atoms with E-state index < -0.39 is 0 Å². The summed E-state index contributed by atoms with van der Waals surface area (Å²) in [5.41, 5.74) is 2.93. The van der Waals surface area contributed by atoms with E-state index in [9.17, 15) is 9.59 Å². The van der Waals surface area contributed by atoms with Crippen LogP contribution in [0.2, 0.25) is 0 Å². The predicted octanol–water partition coefficient (Wildman–Crippen LogP) is 8.41. The number of hydrogen-bond donors (Lipinski definition) is 0. The van der Waals surface area contributed by atoms with Crippen LogP contribution in [-0.2, 0) is 17.9 Å². The minimum absolute atomic E-state index is 0.251. The molecule has 0 aromatic heterocycles. The SMILES string of the molecule is O=C1S/C(=C/c2ccc(OCc3cccc4ccccc34)c(I)c2)C(=O)N1Cc1cccc2ccccc12. The van der Waals surface area contributed by atoms with Crippen LogP contribution < -0.4 is 4.74 Å². The molecule has 1 saturated heterocycles. The second-order valence-corrected chi connectivity index (χ2v) is 11.2. The fourth-order valence-electron chi connectivity index (χ4n) is 4.69. The van der Waals surface area contributed by atoms with Crippen LogP contribution in [-0.4, -0.2) is 16.0 Å². The number of rotatable bonds is 6. The Morgan fingerprint density at radius 1 is 0.763 bits per heavy atom. The Morgan fingerprint density at radius 3 is 2.11 bits per heavy atom. The average Bonchev–Trinajstić information content (AvgIpc) is 3.20. The first-order valence-corrected chi connectivity index (χ1v) is 14.1. The summed E-state index contributed by atoms with van der Waals surface area (Å²) in [5.74, 6) is 0.513. The van der Waals surface area contributed by atoms with Gasteiger partial charge in [0, 0.05) is 0 Å². The molecule has 0 radical (unpaired) electrons. The molecule has 0 unspecified atom stereocenters. The van der Waals surface area contributed by atoms with Gasteiger partial charge in [-0.2, -0.15) is 0 Å². The van der Waals surface area contributed by atoms with Crippen LogP contribution in [0.4, 0.5) is 4.79 Å². The molecular formula is C32H22INO3S. The molecule has 0 N–H and O–H groups in total. The van der Waals surface area contributed by atoms with Crippen molar-refractivity contribution >= 4 is 73.1 Å². The lowest BCUT2D eigenvalue weighted by Gasteiger charge is -2.14. The van der Waals surface area contributed by atoms with Crippen molar-refractivity contribution < 1.29 is 14.3 Å². The van der Waals surface area contributed by atoms with Gasteiger partial charge in [0.15, 0.2) is 0 Å². The molecule has 6 rings (SSSR count). The average molecular weight is 628 g/mol. The summed E-state index contributed by atoms with van der Waals surface area (Å²) in [7, 11) is 0. The van der Waals surface area contributed by atoms with Gasteiger partial charge in [-0.25, -0.2) is 0 Å². The maximum absolute atomic E-state index is 13.2. The maximum atomic E-state index is 13.2. The van der Waals surface area contributed by atoms with Crippen molar-refractivity contribution in [1.82, 2.24) is 4.90 Å². The molecule has 5 aromatic carbocycles. The molecule has 1 aliphatic rings. The highest BCUT2D eigenvalue weighted by Crippen LogP contribution is 2.35. The Balaban J connectivity index is 1.18. The number of halogens is 1.